The van der Waals surface area contributed by atoms with Crippen LogP contribution in [0, 0.1) is 0 Å². The molecule has 2 aromatic carbocycles. The standard InChI is InChI=1S/C22H24N4O/c1-2-9-17-26(16-8-1)21-14-15-23-22(25-21)24-19-12-6-7-13-20(19)27-18-10-4-3-5-11-18/h3-7,10-15H,1-2,8-9,16-17H2,(H,23,24,25). The first-order chi connectivity index (χ1) is 13.4. The molecule has 5 heteroatoms. The van der Waals surface area contributed by atoms with Crippen molar-refractivity contribution in [2.24, 2.45) is 0 Å². The van der Waals surface area contributed by atoms with Gasteiger partial charge in [0.25, 0.3) is 0 Å². The summed E-state index contributed by atoms with van der Waals surface area (Å²) < 4.78 is 6.02. The fourth-order valence-electron chi connectivity index (χ4n) is 3.28. The van der Waals surface area contributed by atoms with Gasteiger partial charge in [0.1, 0.15) is 11.6 Å². The summed E-state index contributed by atoms with van der Waals surface area (Å²) >= 11 is 0. The Morgan fingerprint density at radius 1 is 0.815 bits per heavy atom. The lowest BCUT2D eigenvalue weighted by molar-refractivity contribution is 0.485. The molecule has 27 heavy (non-hydrogen) atoms. The van der Waals surface area contributed by atoms with Crippen molar-refractivity contribution in [2.45, 2.75) is 25.7 Å². The summed E-state index contributed by atoms with van der Waals surface area (Å²) in [6.07, 6.45) is 6.87. The number of nitrogens with zero attached hydrogens (tertiary/aromatic N) is 3. The van der Waals surface area contributed by atoms with E-state index in [-0.39, 0.29) is 0 Å². The van der Waals surface area contributed by atoms with Gasteiger partial charge in [-0.2, -0.15) is 4.98 Å². The molecule has 4 rings (SSSR count). The van der Waals surface area contributed by atoms with E-state index in [1.807, 2.05) is 66.9 Å². The molecule has 1 N–H and O–H groups in total. The van der Waals surface area contributed by atoms with Crippen molar-refractivity contribution in [2.75, 3.05) is 23.3 Å². The Kier molecular flexibility index (Phi) is 5.48. The maximum atomic E-state index is 6.02. The topological polar surface area (TPSA) is 50.3 Å². The summed E-state index contributed by atoms with van der Waals surface area (Å²) in [7, 11) is 0. The van der Waals surface area contributed by atoms with Crippen molar-refractivity contribution >= 4 is 17.5 Å². The molecule has 1 aliphatic heterocycles. The van der Waals surface area contributed by atoms with Gasteiger partial charge in [-0.3, -0.25) is 0 Å². The molecular weight excluding hydrogens is 336 g/mol. The summed E-state index contributed by atoms with van der Waals surface area (Å²) in [6.45, 7) is 2.12. The second kappa shape index (κ2) is 8.54. The Balaban J connectivity index is 1.53. The minimum Gasteiger partial charge on any atom is -0.455 e. The van der Waals surface area contributed by atoms with Crippen molar-refractivity contribution in [3.05, 3.63) is 66.9 Å². The average Bonchev–Trinajstić information content (AvgIpc) is 3.00. The van der Waals surface area contributed by atoms with Gasteiger partial charge >= 0.3 is 0 Å². The second-order valence-corrected chi connectivity index (χ2v) is 6.68. The number of anilines is 3. The maximum absolute atomic E-state index is 6.02. The van der Waals surface area contributed by atoms with Gasteiger partial charge in [-0.1, -0.05) is 43.2 Å². The minimum absolute atomic E-state index is 0.584. The van der Waals surface area contributed by atoms with E-state index in [9.17, 15) is 0 Å². The summed E-state index contributed by atoms with van der Waals surface area (Å²) in [5.74, 6) is 3.11. The Labute approximate surface area is 160 Å². The number of hydrogen-bond donors (Lipinski definition) is 1. The van der Waals surface area contributed by atoms with Gasteiger partial charge in [-0.25, -0.2) is 4.98 Å². The first-order valence-corrected chi connectivity index (χ1v) is 9.55. The molecule has 5 nitrogen and oxygen atoms in total. The molecule has 0 unspecified atom stereocenters. The zero-order valence-electron chi connectivity index (χ0n) is 15.3. The first kappa shape index (κ1) is 17.3. The average molecular weight is 360 g/mol. The van der Waals surface area contributed by atoms with Gasteiger partial charge in [-0.05, 0) is 43.2 Å². The molecule has 2 heterocycles. The SMILES string of the molecule is c1ccc(Oc2ccccc2Nc2nccc(N3CCCCCC3)n2)cc1. The number of aromatic nitrogens is 2. The van der Waals surface area contributed by atoms with Crippen LogP contribution in [0.2, 0.25) is 0 Å². The van der Waals surface area contributed by atoms with Crippen molar-refractivity contribution in [1.29, 1.82) is 0 Å². The monoisotopic (exact) mass is 360 g/mol. The Bertz CT molecular complexity index is 861. The van der Waals surface area contributed by atoms with Crippen LogP contribution in [0.3, 0.4) is 0 Å². The Hall–Kier alpha value is -3.08. The quantitative estimate of drug-likeness (QED) is 0.661. The van der Waals surface area contributed by atoms with Crippen molar-refractivity contribution in [1.82, 2.24) is 9.97 Å². The van der Waals surface area contributed by atoms with Crippen LogP contribution in [0.5, 0.6) is 11.5 Å². The van der Waals surface area contributed by atoms with Gasteiger partial charge in [0.15, 0.2) is 5.75 Å². The fourth-order valence-corrected chi connectivity index (χ4v) is 3.28. The van der Waals surface area contributed by atoms with Crippen LogP contribution in [-0.4, -0.2) is 23.1 Å². The number of benzene rings is 2. The number of rotatable bonds is 5. The molecule has 1 fully saturated rings. The Morgan fingerprint density at radius 3 is 2.37 bits per heavy atom. The van der Waals surface area contributed by atoms with Crippen LogP contribution in [-0.2, 0) is 0 Å². The minimum atomic E-state index is 0.584. The van der Waals surface area contributed by atoms with E-state index < -0.39 is 0 Å². The van der Waals surface area contributed by atoms with Crippen LogP contribution in [0.25, 0.3) is 0 Å². The normalized spacial score (nSPS) is 14.4. The van der Waals surface area contributed by atoms with E-state index in [0.717, 1.165) is 36.1 Å². The van der Waals surface area contributed by atoms with Crippen LogP contribution in [0.4, 0.5) is 17.5 Å². The molecule has 138 valence electrons. The summed E-state index contributed by atoms with van der Waals surface area (Å²) in [5.41, 5.74) is 0.842. The lowest BCUT2D eigenvalue weighted by atomic mass is 10.2. The van der Waals surface area contributed by atoms with Gasteiger partial charge in [0.05, 0.1) is 5.69 Å². The zero-order chi connectivity index (χ0) is 18.3. The van der Waals surface area contributed by atoms with Crippen molar-refractivity contribution in [3.8, 4) is 11.5 Å². The van der Waals surface area contributed by atoms with Crippen LogP contribution in [0.1, 0.15) is 25.7 Å². The molecule has 0 bridgehead atoms. The molecule has 0 atom stereocenters. The van der Waals surface area contributed by atoms with Crippen LogP contribution in [0.15, 0.2) is 66.9 Å². The number of ether oxygens (including phenoxy) is 1. The maximum Gasteiger partial charge on any atom is 0.229 e. The molecule has 3 aromatic rings. The number of nitrogens with one attached hydrogen (secondary N) is 1. The van der Waals surface area contributed by atoms with Gasteiger partial charge in [0, 0.05) is 19.3 Å². The largest absolute Gasteiger partial charge is 0.455 e. The van der Waals surface area contributed by atoms with E-state index in [1.54, 1.807) is 0 Å². The number of hydrogen-bond acceptors (Lipinski definition) is 5. The molecule has 0 saturated carbocycles. The predicted molar refractivity (Wildman–Crippen MR) is 109 cm³/mol. The van der Waals surface area contributed by atoms with E-state index in [4.69, 9.17) is 9.72 Å². The smallest absolute Gasteiger partial charge is 0.229 e. The highest BCUT2D eigenvalue weighted by atomic mass is 16.5. The molecule has 0 aliphatic carbocycles. The highest BCUT2D eigenvalue weighted by Crippen LogP contribution is 2.31. The molecule has 0 amide bonds. The third kappa shape index (κ3) is 4.56. The molecule has 1 aromatic heterocycles. The molecule has 1 aliphatic rings. The third-order valence-electron chi connectivity index (χ3n) is 4.68. The molecule has 0 spiro atoms. The lowest BCUT2D eigenvalue weighted by Gasteiger charge is -2.21. The number of para-hydroxylation sites is 3. The van der Waals surface area contributed by atoms with Gasteiger partial charge in [0.2, 0.25) is 5.95 Å². The van der Waals surface area contributed by atoms with E-state index >= 15 is 0 Å². The Morgan fingerprint density at radius 2 is 1.56 bits per heavy atom. The highest BCUT2D eigenvalue weighted by Gasteiger charge is 2.13. The third-order valence-corrected chi connectivity index (χ3v) is 4.68. The molecule has 1 saturated heterocycles. The summed E-state index contributed by atoms with van der Waals surface area (Å²) in [5, 5.41) is 3.31. The van der Waals surface area contributed by atoms with E-state index in [2.05, 4.69) is 15.2 Å². The fraction of sp³-hybridized carbons (Fsp3) is 0.273. The van der Waals surface area contributed by atoms with E-state index in [1.165, 1.54) is 25.7 Å². The first-order valence-electron chi connectivity index (χ1n) is 9.55. The lowest BCUT2D eigenvalue weighted by Crippen LogP contribution is -2.25. The second-order valence-electron chi connectivity index (χ2n) is 6.68. The van der Waals surface area contributed by atoms with Gasteiger partial charge < -0.3 is 15.0 Å². The zero-order valence-corrected chi connectivity index (χ0v) is 15.3. The molecule has 0 radical (unpaired) electrons. The summed E-state index contributed by atoms with van der Waals surface area (Å²) in [6, 6.07) is 19.6. The highest BCUT2D eigenvalue weighted by molar-refractivity contribution is 5.63. The summed E-state index contributed by atoms with van der Waals surface area (Å²) in [4.78, 5) is 11.5. The van der Waals surface area contributed by atoms with Crippen molar-refractivity contribution in [3.63, 3.8) is 0 Å². The predicted octanol–water partition coefficient (Wildman–Crippen LogP) is 5.39. The van der Waals surface area contributed by atoms with Crippen LogP contribution < -0.4 is 15.0 Å². The molecular formula is C22H24N4O. The van der Waals surface area contributed by atoms with Crippen molar-refractivity contribution < 1.29 is 4.74 Å². The van der Waals surface area contributed by atoms with Crippen LogP contribution >= 0.6 is 0 Å². The van der Waals surface area contributed by atoms with E-state index in [0.29, 0.717) is 5.95 Å². The van der Waals surface area contributed by atoms with Gasteiger partial charge in [-0.15, -0.1) is 0 Å².